The number of ether oxygens (including phenoxy) is 3. The van der Waals surface area contributed by atoms with Gasteiger partial charge in [0.25, 0.3) is 0 Å². The molecule has 0 heterocycles. The van der Waals surface area contributed by atoms with E-state index in [-0.39, 0.29) is 11.5 Å². The molecule has 0 aliphatic rings. The molecule has 0 bridgehead atoms. The van der Waals surface area contributed by atoms with Gasteiger partial charge >= 0.3 is 0 Å². The molecule has 27 heavy (non-hydrogen) atoms. The summed E-state index contributed by atoms with van der Waals surface area (Å²) < 4.78 is 105. The molecule has 0 radical (unpaired) electrons. The Morgan fingerprint density at radius 1 is 0.852 bits per heavy atom. The highest BCUT2D eigenvalue weighted by molar-refractivity contribution is 7.89. The van der Waals surface area contributed by atoms with Crippen molar-refractivity contribution in [1.82, 2.24) is 0 Å². The zero-order valence-electron chi connectivity index (χ0n) is 13.8. The largest absolute Gasteiger partial charge is 0.493 e. The maximum absolute atomic E-state index is 13.7. The van der Waals surface area contributed by atoms with Crippen LogP contribution in [0.1, 0.15) is 5.56 Å². The fraction of sp³-hybridized carbons (Fsp3) is 0.200. The summed E-state index contributed by atoms with van der Waals surface area (Å²) in [6.07, 6.45) is 0. The van der Waals surface area contributed by atoms with E-state index in [2.05, 4.69) is 0 Å². The maximum Gasteiger partial charge on any atom is 0.238 e. The Labute approximate surface area is 150 Å². The van der Waals surface area contributed by atoms with Gasteiger partial charge in [0.15, 0.2) is 34.8 Å². The summed E-state index contributed by atoms with van der Waals surface area (Å²) >= 11 is 0. The number of primary sulfonamides is 1. The summed E-state index contributed by atoms with van der Waals surface area (Å²) in [5.41, 5.74) is -1.26. The number of halogens is 5. The lowest BCUT2D eigenvalue weighted by atomic mass is 10.2. The van der Waals surface area contributed by atoms with Gasteiger partial charge in [-0.3, -0.25) is 0 Å². The number of rotatable bonds is 6. The Morgan fingerprint density at radius 2 is 1.33 bits per heavy atom. The highest BCUT2D eigenvalue weighted by Crippen LogP contribution is 2.40. The second-order valence-corrected chi connectivity index (χ2v) is 6.60. The van der Waals surface area contributed by atoms with E-state index in [1.165, 1.54) is 7.11 Å². The van der Waals surface area contributed by atoms with E-state index in [1.54, 1.807) is 0 Å². The van der Waals surface area contributed by atoms with Crippen molar-refractivity contribution in [3.05, 3.63) is 46.8 Å². The number of sulfonamides is 1. The van der Waals surface area contributed by atoms with Crippen molar-refractivity contribution in [3.63, 3.8) is 0 Å². The van der Waals surface area contributed by atoms with E-state index in [0.29, 0.717) is 0 Å². The number of benzene rings is 2. The molecule has 2 N–H and O–H groups in total. The molecule has 0 atom stereocenters. The topological polar surface area (TPSA) is 87.9 Å². The molecule has 2 rings (SSSR count). The molecule has 0 aliphatic carbocycles. The van der Waals surface area contributed by atoms with Crippen LogP contribution in [0.5, 0.6) is 17.2 Å². The lowest BCUT2D eigenvalue weighted by molar-refractivity contribution is 0.258. The van der Waals surface area contributed by atoms with Crippen LogP contribution in [-0.4, -0.2) is 22.6 Å². The van der Waals surface area contributed by atoms with Gasteiger partial charge in [0.2, 0.25) is 21.6 Å². The van der Waals surface area contributed by atoms with Gasteiger partial charge in [-0.15, -0.1) is 0 Å². The molecule has 0 fully saturated rings. The summed E-state index contributed by atoms with van der Waals surface area (Å²) in [7, 11) is -1.92. The third-order valence-electron chi connectivity index (χ3n) is 3.42. The van der Waals surface area contributed by atoms with E-state index < -0.39 is 61.9 Å². The summed E-state index contributed by atoms with van der Waals surface area (Å²) in [6, 6.07) is 1.85. The second-order valence-electron chi connectivity index (χ2n) is 5.04. The minimum atomic E-state index is -4.23. The van der Waals surface area contributed by atoms with Crippen LogP contribution in [0.3, 0.4) is 0 Å². The summed E-state index contributed by atoms with van der Waals surface area (Å²) in [5.74, 6) is -11.5. The number of methoxy groups -OCH3 is 2. The maximum atomic E-state index is 13.7. The SMILES string of the molecule is COc1cc(S(N)(=O)=O)cc(OCc2c(F)c(F)c(F)c(F)c2F)c1OC. The van der Waals surface area contributed by atoms with Crippen LogP contribution in [0.25, 0.3) is 0 Å². The van der Waals surface area contributed by atoms with Crippen LogP contribution in [0.2, 0.25) is 0 Å². The Morgan fingerprint density at radius 3 is 1.78 bits per heavy atom. The lowest BCUT2D eigenvalue weighted by Gasteiger charge is -2.16. The second kappa shape index (κ2) is 7.56. The van der Waals surface area contributed by atoms with Crippen molar-refractivity contribution < 1.29 is 44.6 Å². The highest BCUT2D eigenvalue weighted by Gasteiger charge is 2.27. The predicted molar refractivity (Wildman–Crippen MR) is 81.5 cm³/mol. The molecule has 0 aromatic heterocycles. The van der Waals surface area contributed by atoms with E-state index in [9.17, 15) is 30.4 Å². The molecule has 0 aliphatic heterocycles. The van der Waals surface area contributed by atoms with Crippen LogP contribution in [0.4, 0.5) is 22.0 Å². The van der Waals surface area contributed by atoms with Crippen LogP contribution < -0.4 is 19.3 Å². The van der Waals surface area contributed by atoms with Crippen molar-refractivity contribution in [3.8, 4) is 17.2 Å². The van der Waals surface area contributed by atoms with Gasteiger partial charge in [-0.05, 0) is 0 Å². The summed E-state index contributed by atoms with van der Waals surface area (Å²) in [4.78, 5) is -0.493. The van der Waals surface area contributed by atoms with Crippen molar-refractivity contribution in [1.29, 1.82) is 0 Å². The Balaban J connectivity index is 2.53. The van der Waals surface area contributed by atoms with Gasteiger partial charge in [-0.1, -0.05) is 0 Å². The molecular formula is C15H12F5NO5S. The normalized spacial score (nSPS) is 11.4. The Bertz CT molecular complexity index is 968. The van der Waals surface area contributed by atoms with Crippen molar-refractivity contribution in [2.45, 2.75) is 11.5 Å². The molecule has 12 heteroatoms. The van der Waals surface area contributed by atoms with Gasteiger partial charge < -0.3 is 14.2 Å². The van der Waals surface area contributed by atoms with Crippen molar-refractivity contribution >= 4 is 10.0 Å². The summed E-state index contributed by atoms with van der Waals surface area (Å²) in [5, 5.41) is 5.01. The standard InChI is InChI=1S/C15H12F5NO5S/c1-24-8-3-6(27(21,22)23)4-9(15(8)25-2)26-5-7-10(16)12(18)14(20)13(19)11(7)17/h3-4H,5H2,1-2H3,(H2,21,22,23). The average Bonchev–Trinajstić information content (AvgIpc) is 2.63. The van der Waals surface area contributed by atoms with E-state index >= 15 is 0 Å². The third kappa shape index (κ3) is 3.90. The number of hydrogen-bond donors (Lipinski definition) is 1. The zero-order chi connectivity index (χ0) is 20.5. The summed E-state index contributed by atoms with van der Waals surface area (Å²) in [6.45, 7) is -1.13. The molecule has 0 saturated heterocycles. The van der Waals surface area contributed by atoms with Gasteiger partial charge in [0, 0.05) is 12.1 Å². The fourth-order valence-corrected chi connectivity index (χ4v) is 2.65. The van der Waals surface area contributed by atoms with Gasteiger partial charge in [0.1, 0.15) is 6.61 Å². The minimum absolute atomic E-state index is 0.156. The minimum Gasteiger partial charge on any atom is -0.493 e. The van der Waals surface area contributed by atoms with Crippen LogP contribution >= 0.6 is 0 Å². The van der Waals surface area contributed by atoms with Gasteiger partial charge in [-0.2, -0.15) is 0 Å². The molecule has 148 valence electrons. The molecule has 0 spiro atoms. The first-order valence-corrected chi connectivity index (χ1v) is 8.49. The molecule has 0 amide bonds. The molecule has 0 unspecified atom stereocenters. The Hall–Kier alpha value is -2.60. The smallest absolute Gasteiger partial charge is 0.238 e. The molecule has 0 saturated carbocycles. The van der Waals surface area contributed by atoms with Crippen LogP contribution in [0, 0.1) is 29.1 Å². The first-order chi connectivity index (χ1) is 12.5. The van der Waals surface area contributed by atoms with Crippen molar-refractivity contribution in [2.75, 3.05) is 14.2 Å². The number of hydrogen-bond acceptors (Lipinski definition) is 5. The molecule has 6 nitrogen and oxygen atoms in total. The van der Waals surface area contributed by atoms with Crippen LogP contribution in [-0.2, 0) is 16.6 Å². The molecular weight excluding hydrogens is 401 g/mol. The van der Waals surface area contributed by atoms with Gasteiger partial charge in [0.05, 0.1) is 24.7 Å². The first-order valence-electron chi connectivity index (χ1n) is 6.94. The van der Waals surface area contributed by atoms with E-state index in [4.69, 9.17) is 19.3 Å². The highest BCUT2D eigenvalue weighted by atomic mass is 32.2. The molecule has 2 aromatic rings. The van der Waals surface area contributed by atoms with E-state index in [1.807, 2.05) is 0 Å². The zero-order valence-corrected chi connectivity index (χ0v) is 14.6. The monoisotopic (exact) mass is 413 g/mol. The average molecular weight is 413 g/mol. The van der Waals surface area contributed by atoms with Crippen LogP contribution in [0.15, 0.2) is 17.0 Å². The number of nitrogens with two attached hydrogens (primary N) is 1. The Kier molecular flexibility index (Phi) is 5.80. The van der Waals surface area contributed by atoms with E-state index in [0.717, 1.165) is 19.2 Å². The molecule has 2 aromatic carbocycles. The lowest BCUT2D eigenvalue weighted by Crippen LogP contribution is -2.13. The first kappa shape index (κ1) is 20.7. The third-order valence-corrected chi connectivity index (χ3v) is 4.31. The predicted octanol–water partition coefficient (Wildman–Crippen LogP) is 2.63. The quantitative estimate of drug-likeness (QED) is 0.447. The van der Waals surface area contributed by atoms with Crippen molar-refractivity contribution in [2.24, 2.45) is 5.14 Å². The van der Waals surface area contributed by atoms with Gasteiger partial charge in [-0.25, -0.2) is 35.5 Å². The fourth-order valence-electron chi connectivity index (χ4n) is 2.10.